The second-order valence-corrected chi connectivity index (χ2v) is 3.63. The largest absolute Gasteiger partial charge is 0.467 e. The maximum Gasteiger partial charge on any atom is 0.362 e. The Labute approximate surface area is 105 Å². The van der Waals surface area contributed by atoms with Crippen LogP contribution < -0.4 is 5.32 Å². The molecule has 2 aromatic rings. The Morgan fingerprint density at radius 1 is 1.67 bits per heavy atom. The van der Waals surface area contributed by atoms with E-state index in [4.69, 9.17) is 16.0 Å². The molecule has 8 nitrogen and oxygen atoms in total. The van der Waals surface area contributed by atoms with Gasteiger partial charge in [0, 0.05) is 0 Å². The maximum atomic E-state index is 11.7. The molecule has 0 fully saturated rings. The molecule has 2 aromatic heterocycles. The molecule has 0 unspecified atom stereocenters. The number of carbonyl (C=O) groups is 1. The molecule has 0 spiro atoms. The Balaban J connectivity index is 2.07. The molecule has 94 valence electrons. The van der Waals surface area contributed by atoms with E-state index in [1.807, 2.05) is 0 Å². The zero-order valence-electron chi connectivity index (χ0n) is 8.84. The van der Waals surface area contributed by atoms with E-state index in [-0.39, 0.29) is 17.3 Å². The molecule has 2 N–H and O–H groups in total. The van der Waals surface area contributed by atoms with Gasteiger partial charge in [-0.25, -0.2) is 0 Å². The summed E-state index contributed by atoms with van der Waals surface area (Å²) in [5, 5.41) is 18.2. The summed E-state index contributed by atoms with van der Waals surface area (Å²) in [6.07, 6.45) is 1.47. The van der Waals surface area contributed by atoms with Crippen LogP contribution in [0, 0.1) is 10.1 Å². The molecule has 1 amide bonds. The first-order valence-electron chi connectivity index (χ1n) is 4.78. The summed E-state index contributed by atoms with van der Waals surface area (Å²) in [6, 6.07) is 3.35. The van der Waals surface area contributed by atoms with Gasteiger partial charge in [0.05, 0.1) is 12.8 Å². The minimum absolute atomic E-state index is 0.142. The van der Waals surface area contributed by atoms with Crippen molar-refractivity contribution in [1.29, 1.82) is 0 Å². The third-order valence-electron chi connectivity index (χ3n) is 2.09. The van der Waals surface area contributed by atoms with Gasteiger partial charge in [-0.15, -0.1) is 5.10 Å². The molecular formula is C9H7ClN4O4. The summed E-state index contributed by atoms with van der Waals surface area (Å²) >= 11 is 5.66. The van der Waals surface area contributed by atoms with Crippen LogP contribution in [0.2, 0.25) is 5.02 Å². The number of nitrogens with one attached hydrogen (secondary N) is 2. The van der Waals surface area contributed by atoms with Crippen LogP contribution in [-0.2, 0) is 6.54 Å². The smallest absolute Gasteiger partial charge is 0.362 e. The van der Waals surface area contributed by atoms with Crippen LogP contribution in [-0.4, -0.2) is 21.0 Å². The van der Waals surface area contributed by atoms with Crippen molar-refractivity contribution in [2.45, 2.75) is 6.54 Å². The molecular weight excluding hydrogens is 264 g/mol. The topological polar surface area (TPSA) is 114 Å². The maximum absolute atomic E-state index is 11.7. The second-order valence-electron chi connectivity index (χ2n) is 3.25. The van der Waals surface area contributed by atoms with Crippen molar-refractivity contribution in [2.24, 2.45) is 0 Å². The fourth-order valence-corrected chi connectivity index (χ4v) is 1.49. The van der Waals surface area contributed by atoms with Gasteiger partial charge >= 0.3 is 5.82 Å². The average molecular weight is 271 g/mol. The van der Waals surface area contributed by atoms with Crippen LogP contribution in [0.15, 0.2) is 22.8 Å². The summed E-state index contributed by atoms with van der Waals surface area (Å²) in [6.45, 7) is 0.142. The number of halogens is 1. The molecule has 18 heavy (non-hydrogen) atoms. The molecule has 0 atom stereocenters. The summed E-state index contributed by atoms with van der Waals surface area (Å²) in [5.41, 5.74) is -0.227. The van der Waals surface area contributed by atoms with Gasteiger partial charge in [-0.3, -0.25) is 4.79 Å². The SMILES string of the molecule is O=C(NCc1ccco1)c1n[nH]c([N+](=O)[O-])c1Cl. The van der Waals surface area contributed by atoms with Crippen LogP contribution in [0.1, 0.15) is 16.2 Å². The highest BCUT2D eigenvalue weighted by atomic mass is 35.5. The summed E-state index contributed by atoms with van der Waals surface area (Å²) < 4.78 is 5.01. The number of hydrogen-bond acceptors (Lipinski definition) is 5. The van der Waals surface area contributed by atoms with Crippen LogP contribution >= 0.6 is 11.6 Å². The van der Waals surface area contributed by atoms with Crippen LogP contribution in [0.4, 0.5) is 5.82 Å². The Kier molecular flexibility index (Phi) is 3.28. The number of aromatic amines is 1. The normalized spacial score (nSPS) is 10.3. The Hall–Kier alpha value is -2.35. The molecule has 0 aliphatic rings. The van der Waals surface area contributed by atoms with Crippen LogP contribution in [0.5, 0.6) is 0 Å². The number of H-pyrrole nitrogens is 1. The lowest BCUT2D eigenvalue weighted by Gasteiger charge is -1.99. The Morgan fingerprint density at radius 3 is 3.00 bits per heavy atom. The van der Waals surface area contributed by atoms with Gasteiger partial charge in [0.15, 0.2) is 10.7 Å². The number of hydrogen-bond donors (Lipinski definition) is 2. The minimum atomic E-state index is -0.751. The number of furan rings is 1. The van der Waals surface area contributed by atoms with Crippen molar-refractivity contribution in [3.63, 3.8) is 0 Å². The first kappa shape index (κ1) is 12.1. The molecule has 0 aliphatic heterocycles. The molecule has 0 saturated heterocycles. The number of amides is 1. The lowest BCUT2D eigenvalue weighted by Crippen LogP contribution is -2.23. The monoisotopic (exact) mass is 270 g/mol. The highest BCUT2D eigenvalue weighted by Gasteiger charge is 2.24. The van der Waals surface area contributed by atoms with E-state index >= 15 is 0 Å². The summed E-state index contributed by atoms with van der Waals surface area (Å²) in [5.74, 6) is -0.593. The molecule has 2 heterocycles. The average Bonchev–Trinajstić information content (AvgIpc) is 2.94. The molecule has 0 saturated carbocycles. The third-order valence-corrected chi connectivity index (χ3v) is 2.45. The van der Waals surface area contributed by atoms with Gasteiger partial charge in [0.1, 0.15) is 5.76 Å². The van der Waals surface area contributed by atoms with Gasteiger partial charge in [-0.1, -0.05) is 16.7 Å². The lowest BCUT2D eigenvalue weighted by molar-refractivity contribution is -0.389. The quantitative estimate of drug-likeness (QED) is 0.645. The van der Waals surface area contributed by atoms with Gasteiger partial charge in [0.2, 0.25) is 0 Å². The van der Waals surface area contributed by atoms with E-state index in [0.717, 1.165) is 0 Å². The molecule has 0 bridgehead atoms. The van der Waals surface area contributed by atoms with Gasteiger partial charge in [-0.05, 0) is 17.1 Å². The summed E-state index contributed by atoms with van der Waals surface area (Å²) in [7, 11) is 0. The molecule has 2 rings (SSSR count). The fourth-order valence-electron chi connectivity index (χ4n) is 1.25. The Bertz CT molecular complexity index is 577. The second kappa shape index (κ2) is 4.88. The molecule has 9 heteroatoms. The number of nitro groups is 1. The van der Waals surface area contributed by atoms with E-state index in [9.17, 15) is 14.9 Å². The predicted molar refractivity (Wildman–Crippen MR) is 60.1 cm³/mol. The van der Waals surface area contributed by atoms with Crippen LogP contribution in [0.25, 0.3) is 0 Å². The number of rotatable bonds is 4. The van der Waals surface area contributed by atoms with E-state index in [1.165, 1.54) is 6.26 Å². The van der Waals surface area contributed by atoms with Crippen molar-refractivity contribution in [3.05, 3.63) is 45.0 Å². The first-order chi connectivity index (χ1) is 8.59. The molecule has 0 radical (unpaired) electrons. The highest BCUT2D eigenvalue weighted by Crippen LogP contribution is 2.24. The van der Waals surface area contributed by atoms with Gasteiger partial charge in [-0.2, -0.15) is 0 Å². The lowest BCUT2D eigenvalue weighted by atomic mass is 10.3. The number of aromatic nitrogens is 2. The highest BCUT2D eigenvalue weighted by molar-refractivity contribution is 6.35. The standard InChI is InChI=1S/C9H7ClN4O4/c10-6-7(12-13-8(6)14(16)17)9(15)11-4-5-2-1-3-18-5/h1-3H,4H2,(H,11,15)(H,12,13). The van der Waals surface area contributed by atoms with Crippen LogP contribution in [0.3, 0.4) is 0 Å². The minimum Gasteiger partial charge on any atom is -0.467 e. The fraction of sp³-hybridized carbons (Fsp3) is 0.111. The van der Waals surface area contributed by atoms with E-state index in [0.29, 0.717) is 5.76 Å². The molecule has 0 aromatic carbocycles. The van der Waals surface area contributed by atoms with Crippen molar-refractivity contribution in [2.75, 3.05) is 0 Å². The summed E-state index contributed by atoms with van der Waals surface area (Å²) in [4.78, 5) is 21.4. The molecule has 0 aliphatic carbocycles. The number of carbonyl (C=O) groups excluding carboxylic acids is 1. The van der Waals surface area contributed by atoms with Crippen molar-refractivity contribution >= 4 is 23.3 Å². The zero-order valence-corrected chi connectivity index (χ0v) is 9.60. The van der Waals surface area contributed by atoms with Crippen molar-refractivity contribution < 1.29 is 14.1 Å². The first-order valence-corrected chi connectivity index (χ1v) is 5.16. The number of nitrogens with zero attached hydrogens (tertiary/aromatic N) is 2. The van der Waals surface area contributed by atoms with Gasteiger partial charge < -0.3 is 19.8 Å². The predicted octanol–water partition coefficient (Wildman–Crippen LogP) is 1.49. The van der Waals surface area contributed by atoms with Gasteiger partial charge in [0.25, 0.3) is 5.91 Å². The van der Waals surface area contributed by atoms with E-state index in [1.54, 1.807) is 12.1 Å². The third kappa shape index (κ3) is 2.33. The van der Waals surface area contributed by atoms with Crippen molar-refractivity contribution in [1.82, 2.24) is 15.5 Å². The Morgan fingerprint density at radius 2 is 2.44 bits per heavy atom. The van der Waals surface area contributed by atoms with E-state index in [2.05, 4.69) is 15.5 Å². The van der Waals surface area contributed by atoms with E-state index < -0.39 is 16.6 Å². The zero-order chi connectivity index (χ0) is 13.1. The van der Waals surface area contributed by atoms with Crippen molar-refractivity contribution in [3.8, 4) is 0 Å².